The Bertz CT molecular complexity index is 450. The molecule has 0 fully saturated rings. The van der Waals surface area contributed by atoms with Crippen molar-refractivity contribution in [2.24, 2.45) is 5.92 Å². The van der Waals surface area contributed by atoms with Crippen molar-refractivity contribution in [1.82, 2.24) is 9.88 Å². The van der Waals surface area contributed by atoms with Crippen LogP contribution in [0, 0.1) is 5.92 Å². The molecule has 1 aromatic heterocycles. The minimum Gasteiger partial charge on any atom is -0.478 e. The zero-order chi connectivity index (χ0) is 15.3. The summed E-state index contributed by atoms with van der Waals surface area (Å²) in [7, 11) is 3.98. The molecule has 1 heterocycles. The summed E-state index contributed by atoms with van der Waals surface area (Å²) in [6, 6.07) is 1.57. The van der Waals surface area contributed by atoms with E-state index in [1.807, 2.05) is 14.1 Å². The van der Waals surface area contributed by atoms with Gasteiger partial charge in [0.25, 0.3) is 0 Å². The highest BCUT2D eigenvalue weighted by Gasteiger charge is 2.17. The number of aromatic nitrogens is 1. The van der Waals surface area contributed by atoms with E-state index in [-0.39, 0.29) is 11.6 Å². The maximum Gasteiger partial charge on any atom is 0.339 e. The van der Waals surface area contributed by atoms with Gasteiger partial charge in [-0.1, -0.05) is 13.8 Å². The van der Waals surface area contributed by atoms with Crippen LogP contribution in [0.1, 0.15) is 30.6 Å². The van der Waals surface area contributed by atoms with Gasteiger partial charge in [-0.2, -0.15) is 0 Å². The minimum absolute atomic E-state index is 0.109. The lowest BCUT2D eigenvalue weighted by atomic mass is 10.0. The SMILES string of the molecule is CC(C)CC(CN(C)C)Nc1ncc(N)cc1C(=O)O. The third-order valence-corrected chi connectivity index (χ3v) is 2.82. The number of rotatable bonds is 7. The van der Waals surface area contributed by atoms with Gasteiger partial charge in [-0.3, -0.25) is 0 Å². The van der Waals surface area contributed by atoms with Crippen molar-refractivity contribution in [2.75, 3.05) is 31.7 Å². The Morgan fingerprint density at radius 3 is 2.65 bits per heavy atom. The zero-order valence-electron chi connectivity index (χ0n) is 12.6. The molecule has 0 saturated carbocycles. The molecular formula is C14H24N4O2. The Morgan fingerprint density at radius 2 is 2.15 bits per heavy atom. The number of carboxylic acid groups (broad SMARTS) is 1. The molecule has 1 unspecified atom stereocenters. The first-order valence-corrected chi connectivity index (χ1v) is 6.69. The molecule has 6 heteroatoms. The van der Waals surface area contributed by atoms with Crippen LogP contribution in [0.5, 0.6) is 0 Å². The maximum atomic E-state index is 11.3. The molecule has 0 spiro atoms. The molecule has 20 heavy (non-hydrogen) atoms. The van der Waals surface area contributed by atoms with E-state index in [0.29, 0.717) is 17.4 Å². The number of carbonyl (C=O) groups is 1. The summed E-state index contributed by atoms with van der Waals surface area (Å²) in [4.78, 5) is 17.4. The Labute approximate surface area is 120 Å². The lowest BCUT2D eigenvalue weighted by molar-refractivity contribution is 0.0697. The first-order valence-electron chi connectivity index (χ1n) is 6.69. The molecule has 0 saturated heterocycles. The number of hydrogen-bond donors (Lipinski definition) is 3. The van der Waals surface area contributed by atoms with Crippen LogP contribution in [-0.4, -0.2) is 47.6 Å². The minimum atomic E-state index is -1.03. The van der Waals surface area contributed by atoms with E-state index < -0.39 is 5.97 Å². The number of anilines is 2. The van der Waals surface area contributed by atoms with E-state index in [4.69, 9.17) is 5.73 Å². The highest BCUT2D eigenvalue weighted by Crippen LogP contribution is 2.18. The maximum absolute atomic E-state index is 11.3. The number of pyridine rings is 1. The fraction of sp³-hybridized carbons (Fsp3) is 0.571. The molecule has 112 valence electrons. The average molecular weight is 280 g/mol. The Balaban J connectivity index is 2.94. The number of nitrogens with two attached hydrogens (primary N) is 1. The molecule has 1 atom stereocenters. The second-order valence-corrected chi connectivity index (χ2v) is 5.70. The molecule has 0 aromatic carbocycles. The van der Waals surface area contributed by atoms with E-state index in [9.17, 15) is 9.90 Å². The number of nitrogen functional groups attached to an aromatic ring is 1. The van der Waals surface area contributed by atoms with Crippen LogP contribution in [0.4, 0.5) is 11.5 Å². The smallest absolute Gasteiger partial charge is 0.339 e. The van der Waals surface area contributed by atoms with Crippen molar-refractivity contribution in [3.05, 3.63) is 17.8 Å². The van der Waals surface area contributed by atoms with Crippen LogP contribution in [0.25, 0.3) is 0 Å². The number of aromatic carboxylic acids is 1. The third-order valence-electron chi connectivity index (χ3n) is 2.82. The van der Waals surface area contributed by atoms with E-state index in [0.717, 1.165) is 13.0 Å². The number of hydrogen-bond acceptors (Lipinski definition) is 5. The quantitative estimate of drug-likeness (QED) is 0.705. The van der Waals surface area contributed by atoms with Gasteiger partial charge < -0.3 is 21.1 Å². The monoisotopic (exact) mass is 280 g/mol. The first kappa shape index (κ1) is 16.2. The number of nitrogens with one attached hydrogen (secondary N) is 1. The number of carboxylic acids is 1. The lowest BCUT2D eigenvalue weighted by Crippen LogP contribution is -2.34. The highest BCUT2D eigenvalue weighted by molar-refractivity contribution is 5.94. The molecule has 0 bridgehead atoms. The Morgan fingerprint density at radius 1 is 1.50 bits per heavy atom. The lowest BCUT2D eigenvalue weighted by Gasteiger charge is -2.25. The molecule has 6 nitrogen and oxygen atoms in total. The molecule has 0 amide bonds. The predicted molar refractivity (Wildman–Crippen MR) is 81.0 cm³/mol. The van der Waals surface area contributed by atoms with Gasteiger partial charge in [-0.05, 0) is 32.5 Å². The van der Waals surface area contributed by atoms with Crippen LogP contribution in [0.3, 0.4) is 0 Å². The largest absolute Gasteiger partial charge is 0.478 e. The van der Waals surface area contributed by atoms with Crippen molar-refractivity contribution in [2.45, 2.75) is 26.3 Å². The van der Waals surface area contributed by atoms with Gasteiger partial charge in [0.2, 0.25) is 0 Å². The molecular weight excluding hydrogens is 256 g/mol. The summed E-state index contributed by atoms with van der Waals surface area (Å²) >= 11 is 0. The number of likely N-dealkylation sites (N-methyl/N-ethyl adjacent to an activating group) is 1. The van der Waals surface area contributed by atoms with Crippen LogP contribution in [0.15, 0.2) is 12.3 Å². The first-order chi connectivity index (χ1) is 9.29. The third kappa shape index (κ3) is 5.05. The predicted octanol–water partition coefficient (Wildman–Crippen LogP) is 1.75. The van der Waals surface area contributed by atoms with Gasteiger partial charge in [0.1, 0.15) is 11.4 Å². The zero-order valence-corrected chi connectivity index (χ0v) is 12.6. The fourth-order valence-corrected chi connectivity index (χ4v) is 2.14. The van der Waals surface area contributed by atoms with Crippen molar-refractivity contribution < 1.29 is 9.90 Å². The van der Waals surface area contributed by atoms with Crippen LogP contribution in [-0.2, 0) is 0 Å². The topological polar surface area (TPSA) is 91.5 Å². The summed E-state index contributed by atoms with van der Waals surface area (Å²) in [5, 5.41) is 12.5. The van der Waals surface area contributed by atoms with Crippen molar-refractivity contribution in [3.63, 3.8) is 0 Å². The Hall–Kier alpha value is -1.82. The molecule has 1 rings (SSSR count). The van der Waals surface area contributed by atoms with Gasteiger partial charge in [0.05, 0.1) is 11.9 Å². The molecule has 0 aliphatic heterocycles. The molecule has 0 aliphatic carbocycles. The van der Waals surface area contributed by atoms with Crippen LogP contribution in [0.2, 0.25) is 0 Å². The van der Waals surface area contributed by atoms with Crippen LogP contribution < -0.4 is 11.1 Å². The van der Waals surface area contributed by atoms with E-state index in [1.54, 1.807) is 0 Å². The summed E-state index contributed by atoms with van der Waals surface area (Å²) in [5.41, 5.74) is 6.05. The van der Waals surface area contributed by atoms with Crippen molar-refractivity contribution in [1.29, 1.82) is 0 Å². The highest BCUT2D eigenvalue weighted by atomic mass is 16.4. The van der Waals surface area contributed by atoms with Crippen LogP contribution >= 0.6 is 0 Å². The molecule has 0 aliphatic rings. The van der Waals surface area contributed by atoms with Gasteiger partial charge >= 0.3 is 5.97 Å². The van der Waals surface area contributed by atoms with E-state index in [1.165, 1.54) is 12.3 Å². The van der Waals surface area contributed by atoms with E-state index >= 15 is 0 Å². The molecule has 1 aromatic rings. The van der Waals surface area contributed by atoms with Gasteiger partial charge in [0, 0.05) is 12.6 Å². The van der Waals surface area contributed by atoms with Gasteiger partial charge in [-0.25, -0.2) is 9.78 Å². The molecule has 4 N–H and O–H groups in total. The fourth-order valence-electron chi connectivity index (χ4n) is 2.14. The summed E-state index contributed by atoms with van der Waals surface area (Å²) in [6.07, 6.45) is 2.40. The van der Waals surface area contributed by atoms with Crippen molar-refractivity contribution >= 4 is 17.5 Å². The second-order valence-electron chi connectivity index (χ2n) is 5.70. The standard InChI is InChI=1S/C14H24N4O2/c1-9(2)5-11(8-18(3)4)17-13-12(14(19)20)6-10(15)7-16-13/h6-7,9,11H,5,8,15H2,1-4H3,(H,16,17)(H,19,20). The molecule has 0 radical (unpaired) electrons. The van der Waals surface area contributed by atoms with E-state index in [2.05, 4.69) is 29.0 Å². The normalized spacial score (nSPS) is 12.7. The van der Waals surface area contributed by atoms with Gasteiger partial charge in [-0.15, -0.1) is 0 Å². The van der Waals surface area contributed by atoms with Gasteiger partial charge in [0.15, 0.2) is 0 Å². The summed E-state index contributed by atoms with van der Waals surface area (Å²) < 4.78 is 0. The Kier molecular flexibility index (Phi) is 5.76. The average Bonchev–Trinajstić information content (AvgIpc) is 2.29. The second kappa shape index (κ2) is 7.09. The summed E-state index contributed by atoms with van der Waals surface area (Å²) in [6.45, 7) is 5.08. The summed E-state index contributed by atoms with van der Waals surface area (Å²) in [5.74, 6) is -0.144. The number of nitrogens with zero attached hydrogens (tertiary/aromatic N) is 2. The van der Waals surface area contributed by atoms with Crippen molar-refractivity contribution in [3.8, 4) is 0 Å².